The first-order valence-electron chi connectivity index (χ1n) is 10.9. The van der Waals surface area contributed by atoms with Gasteiger partial charge in [-0.05, 0) is 42.7 Å². The number of anilines is 1. The van der Waals surface area contributed by atoms with E-state index >= 15 is 0 Å². The Morgan fingerprint density at radius 1 is 1.12 bits per heavy atom. The highest BCUT2D eigenvalue weighted by Gasteiger charge is 2.45. The van der Waals surface area contributed by atoms with Crippen molar-refractivity contribution in [1.82, 2.24) is 9.88 Å². The third-order valence-corrected chi connectivity index (χ3v) is 6.43. The van der Waals surface area contributed by atoms with Crippen LogP contribution < -0.4 is 4.90 Å². The molecule has 2 fully saturated rings. The monoisotopic (exact) mass is 450 g/mol. The number of carbonyl (C=O) groups is 1. The predicted octanol–water partition coefficient (Wildman–Crippen LogP) is 3.34. The van der Waals surface area contributed by atoms with Crippen molar-refractivity contribution in [2.75, 3.05) is 44.3 Å². The lowest BCUT2D eigenvalue weighted by Gasteiger charge is -2.43. The van der Waals surface area contributed by atoms with E-state index in [4.69, 9.17) is 13.6 Å². The van der Waals surface area contributed by atoms with E-state index in [1.165, 1.54) is 18.4 Å². The molecule has 9 heteroatoms. The van der Waals surface area contributed by atoms with Crippen LogP contribution in [0.4, 0.5) is 10.3 Å². The molecule has 4 heterocycles. The topological polar surface area (TPSA) is 95.7 Å². The average Bonchev–Trinajstić information content (AvgIpc) is 3.54. The van der Waals surface area contributed by atoms with Crippen LogP contribution in [-0.2, 0) is 14.9 Å². The molecule has 5 rings (SSSR count). The summed E-state index contributed by atoms with van der Waals surface area (Å²) in [6, 6.07) is 11.8. The quantitative estimate of drug-likeness (QED) is 0.602. The fraction of sp³-hybridized carbons (Fsp3) is 0.375. The molecule has 0 aliphatic carbocycles. The maximum absolute atomic E-state index is 14.0. The predicted molar refractivity (Wildman–Crippen MR) is 116 cm³/mol. The minimum atomic E-state index is -0.793. The van der Waals surface area contributed by atoms with Gasteiger partial charge in [-0.3, -0.25) is 4.79 Å². The lowest BCUT2D eigenvalue weighted by molar-refractivity contribution is -0.141. The maximum atomic E-state index is 14.0. The molecule has 33 heavy (non-hydrogen) atoms. The van der Waals surface area contributed by atoms with E-state index < -0.39 is 5.41 Å². The number of hydrogen-bond acceptors (Lipinski definition) is 7. The van der Waals surface area contributed by atoms with Crippen LogP contribution in [0.2, 0.25) is 0 Å². The van der Waals surface area contributed by atoms with Crippen LogP contribution in [0, 0.1) is 17.1 Å². The molecule has 0 atom stereocenters. The summed E-state index contributed by atoms with van der Waals surface area (Å²) >= 11 is 0. The van der Waals surface area contributed by atoms with Gasteiger partial charge in [-0.25, -0.2) is 4.39 Å². The van der Waals surface area contributed by atoms with Crippen LogP contribution >= 0.6 is 0 Å². The molecule has 8 nitrogen and oxygen atoms in total. The Hall–Kier alpha value is -3.64. The van der Waals surface area contributed by atoms with Crippen molar-refractivity contribution in [3.05, 3.63) is 59.7 Å². The number of oxazole rings is 1. The zero-order chi connectivity index (χ0) is 22.8. The van der Waals surface area contributed by atoms with Crippen LogP contribution in [0.1, 0.15) is 24.1 Å². The van der Waals surface area contributed by atoms with E-state index in [0.29, 0.717) is 69.4 Å². The van der Waals surface area contributed by atoms with Crippen LogP contribution in [0.5, 0.6) is 0 Å². The maximum Gasteiger partial charge on any atom is 0.266 e. The van der Waals surface area contributed by atoms with Gasteiger partial charge in [0, 0.05) is 39.4 Å². The highest BCUT2D eigenvalue weighted by atomic mass is 19.1. The molecular formula is C24H23FN4O4. The Kier molecular flexibility index (Phi) is 5.60. The van der Waals surface area contributed by atoms with Gasteiger partial charge in [0.25, 0.3) is 5.89 Å². The van der Waals surface area contributed by atoms with Crippen molar-refractivity contribution in [1.29, 1.82) is 5.26 Å². The minimum absolute atomic E-state index is 0.00889. The molecular weight excluding hydrogens is 427 g/mol. The minimum Gasteiger partial charge on any atom is -0.459 e. The van der Waals surface area contributed by atoms with Crippen molar-refractivity contribution >= 4 is 11.8 Å². The van der Waals surface area contributed by atoms with Crippen LogP contribution in [0.25, 0.3) is 11.7 Å². The zero-order valence-corrected chi connectivity index (χ0v) is 18.0. The standard InChI is InChI=1S/C24H23FN4O4/c25-18-4-1-3-17(15-18)24(6-13-31-14-7-24)23(30)29-10-8-28(9-11-29)22-19(16-26)27-21(33-22)20-5-2-12-32-20/h1-5,12,15H,6-11,13-14H2. The highest BCUT2D eigenvalue weighted by molar-refractivity contribution is 5.88. The molecule has 2 aliphatic heterocycles. The fourth-order valence-electron chi connectivity index (χ4n) is 4.65. The Balaban J connectivity index is 1.34. The number of aromatic nitrogens is 1. The van der Waals surface area contributed by atoms with Gasteiger partial charge in [-0.15, -0.1) is 0 Å². The Labute approximate surface area is 190 Å². The van der Waals surface area contributed by atoms with E-state index in [1.54, 1.807) is 18.2 Å². The van der Waals surface area contributed by atoms with Gasteiger partial charge >= 0.3 is 0 Å². The van der Waals surface area contributed by atoms with Gasteiger partial charge in [-0.1, -0.05) is 12.1 Å². The SMILES string of the molecule is N#Cc1nc(-c2ccco2)oc1N1CCN(C(=O)C2(c3cccc(F)c3)CCOCC2)CC1. The van der Waals surface area contributed by atoms with Crippen LogP contribution in [0.3, 0.4) is 0 Å². The lowest BCUT2D eigenvalue weighted by atomic mass is 9.73. The molecule has 0 N–H and O–H groups in total. The molecule has 1 aromatic carbocycles. The number of nitrogens with zero attached hydrogens (tertiary/aromatic N) is 4. The third-order valence-electron chi connectivity index (χ3n) is 6.43. The second-order valence-electron chi connectivity index (χ2n) is 8.25. The normalized spacial score (nSPS) is 18.2. The van der Waals surface area contributed by atoms with Gasteiger partial charge in [0.15, 0.2) is 5.76 Å². The largest absolute Gasteiger partial charge is 0.459 e. The summed E-state index contributed by atoms with van der Waals surface area (Å²) in [5, 5.41) is 9.52. The molecule has 3 aromatic rings. The zero-order valence-electron chi connectivity index (χ0n) is 18.0. The molecule has 0 spiro atoms. The fourth-order valence-corrected chi connectivity index (χ4v) is 4.65. The molecule has 2 saturated heterocycles. The van der Waals surface area contributed by atoms with E-state index in [1.807, 2.05) is 15.9 Å². The van der Waals surface area contributed by atoms with Gasteiger partial charge in [0.2, 0.25) is 17.5 Å². The molecule has 0 radical (unpaired) electrons. The van der Waals surface area contributed by atoms with Crippen LogP contribution in [-0.4, -0.2) is 55.2 Å². The summed E-state index contributed by atoms with van der Waals surface area (Å²) < 4.78 is 30.7. The Bertz CT molecular complexity index is 1170. The summed E-state index contributed by atoms with van der Waals surface area (Å²) in [5.41, 5.74) is 0.0871. The molecule has 2 aliphatic rings. The lowest BCUT2D eigenvalue weighted by Crippen LogP contribution is -2.56. The number of benzene rings is 1. The average molecular weight is 450 g/mol. The number of hydrogen-bond donors (Lipinski definition) is 0. The van der Waals surface area contributed by atoms with Crippen LogP contribution in [0.15, 0.2) is 51.5 Å². The molecule has 1 amide bonds. The van der Waals surface area contributed by atoms with Gasteiger partial charge in [-0.2, -0.15) is 10.2 Å². The van der Waals surface area contributed by atoms with Crippen molar-refractivity contribution in [3.8, 4) is 17.7 Å². The summed E-state index contributed by atoms with van der Waals surface area (Å²) in [6.07, 6.45) is 2.55. The number of carbonyl (C=O) groups excluding carboxylic acids is 1. The van der Waals surface area contributed by atoms with Crippen molar-refractivity contribution in [2.24, 2.45) is 0 Å². The first kappa shape index (κ1) is 21.2. The summed E-state index contributed by atoms with van der Waals surface area (Å²) in [6.45, 7) is 2.81. The van der Waals surface area contributed by atoms with Crippen molar-refractivity contribution in [2.45, 2.75) is 18.3 Å². The summed E-state index contributed by atoms with van der Waals surface area (Å²) in [4.78, 5) is 21.7. The van der Waals surface area contributed by atoms with E-state index in [2.05, 4.69) is 11.1 Å². The summed E-state index contributed by atoms with van der Waals surface area (Å²) in [5.74, 6) is 0.713. The molecule has 2 aromatic heterocycles. The first-order chi connectivity index (χ1) is 16.1. The summed E-state index contributed by atoms with van der Waals surface area (Å²) in [7, 11) is 0. The second kappa shape index (κ2) is 8.71. The molecule has 170 valence electrons. The van der Waals surface area contributed by atoms with E-state index in [9.17, 15) is 14.4 Å². The number of piperazine rings is 1. The van der Waals surface area contributed by atoms with E-state index in [0.717, 1.165) is 0 Å². The smallest absolute Gasteiger partial charge is 0.266 e. The highest BCUT2D eigenvalue weighted by Crippen LogP contribution is 2.38. The number of nitriles is 1. The second-order valence-corrected chi connectivity index (χ2v) is 8.25. The molecule has 0 bridgehead atoms. The van der Waals surface area contributed by atoms with Crippen molar-refractivity contribution < 1.29 is 22.8 Å². The van der Waals surface area contributed by atoms with Gasteiger partial charge in [0.05, 0.1) is 11.7 Å². The van der Waals surface area contributed by atoms with Gasteiger partial charge in [0.1, 0.15) is 11.9 Å². The van der Waals surface area contributed by atoms with Crippen molar-refractivity contribution in [3.63, 3.8) is 0 Å². The molecule has 0 unspecified atom stereocenters. The molecule has 0 saturated carbocycles. The number of furan rings is 1. The first-order valence-corrected chi connectivity index (χ1v) is 10.9. The number of rotatable bonds is 4. The van der Waals surface area contributed by atoms with Gasteiger partial charge < -0.3 is 23.4 Å². The number of ether oxygens (including phenoxy) is 1. The number of halogens is 1. The Morgan fingerprint density at radius 3 is 2.58 bits per heavy atom. The van der Waals surface area contributed by atoms with E-state index in [-0.39, 0.29) is 23.3 Å². The number of amides is 1. The Morgan fingerprint density at radius 2 is 1.91 bits per heavy atom. The third kappa shape index (κ3) is 3.87.